The van der Waals surface area contributed by atoms with Crippen LogP contribution in [-0.2, 0) is 4.79 Å². The Bertz CT molecular complexity index is 352. The van der Waals surface area contributed by atoms with Gasteiger partial charge in [-0.05, 0) is 55.6 Å². The van der Waals surface area contributed by atoms with E-state index in [4.69, 9.17) is 4.79 Å². The Hall–Kier alpha value is -0.110. The van der Waals surface area contributed by atoms with Gasteiger partial charge in [0.2, 0.25) is 0 Å². The molecule has 0 aromatic carbocycles. The second kappa shape index (κ2) is 7.35. The van der Waals surface area contributed by atoms with E-state index in [0.717, 1.165) is 5.92 Å². The van der Waals surface area contributed by atoms with Crippen LogP contribution in [0.25, 0.3) is 0 Å². The summed E-state index contributed by atoms with van der Waals surface area (Å²) < 4.78 is 0. The maximum absolute atomic E-state index is 8.00. The summed E-state index contributed by atoms with van der Waals surface area (Å²) in [5, 5.41) is 0. The van der Waals surface area contributed by atoms with Gasteiger partial charge in [0.25, 0.3) is 0 Å². The fourth-order valence-electron chi connectivity index (χ4n) is 3.03. The monoisotopic (exact) mass is 240 g/mol. The molecule has 1 nitrogen and oxygen atoms in total. The third-order valence-electron chi connectivity index (χ3n) is 3.84. The van der Waals surface area contributed by atoms with E-state index in [-0.39, 0.29) is 29.6 Å². The second-order valence-electron chi connectivity index (χ2n) is 4.82. The molecule has 1 atom stereocenters. The van der Waals surface area contributed by atoms with Gasteiger partial charge in [-0.25, -0.2) is 0 Å². The molecule has 1 fully saturated rings. The van der Waals surface area contributed by atoms with Crippen LogP contribution in [0.1, 0.15) is 44.9 Å². The first-order valence-electron chi connectivity index (χ1n) is 6.34. The molecule has 0 N–H and O–H groups in total. The fraction of sp³-hybridized carbons (Fsp3) is 0.533. The molecule has 3 aliphatic rings. The number of carbonyl (C=O) groups excluding carboxylic acids is 1. The van der Waals surface area contributed by atoms with Gasteiger partial charge in [-0.15, -0.1) is 0 Å². The Kier molecular flexibility index (Phi) is 6.47. The van der Waals surface area contributed by atoms with Crippen LogP contribution >= 0.6 is 0 Å². The standard InChI is InChI=1S/C14H18.CH2O.Na.H/c1-2-6-12-10-14-8-4-3-7-13(14)9-11(12)5-1;1-2;;/h5,9-10,14H,1-4,6-8H2;1H2;;. The van der Waals surface area contributed by atoms with Crippen molar-refractivity contribution in [3.63, 3.8) is 0 Å². The zero-order valence-electron chi connectivity index (χ0n) is 9.87. The van der Waals surface area contributed by atoms with Gasteiger partial charge >= 0.3 is 29.6 Å². The van der Waals surface area contributed by atoms with Crippen molar-refractivity contribution in [2.24, 2.45) is 5.92 Å². The number of rotatable bonds is 0. The summed E-state index contributed by atoms with van der Waals surface area (Å²) in [4.78, 5) is 8.00. The summed E-state index contributed by atoms with van der Waals surface area (Å²) in [5.74, 6) is 0.814. The van der Waals surface area contributed by atoms with Crippen molar-refractivity contribution in [2.75, 3.05) is 0 Å². The molecule has 1 saturated carbocycles. The molecule has 3 aliphatic carbocycles. The first-order valence-corrected chi connectivity index (χ1v) is 6.34. The van der Waals surface area contributed by atoms with Crippen LogP contribution in [-0.4, -0.2) is 36.3 Å². The Morgan fingerprint density at radius 2 is 1.94 bits per heavy atom. The van der Waals surface area contributed by atoms with Crippen LogP contribution in [0.15, 0.2) is 34.9 Å². The molecule has 0 spiro atoms. The third-order valence-corrected chi connectivity index (χ3v) is 3.84. The Labute approximate surface area is 126 Å². The minimum absolute atomic E-state index is 0. The summed E-state index contributed by atoms with van der Waals surface area (Å²) >= 11 is 0. The van der Waals surface area contributed by atoms with Crippen LogP contribution in [0, 0.1) is 5.92 Å². The van der Waals surface area contributed by atoms with Gasteiger partial charge in [0.1, 0.15) is 6.79 Å². The predicted octanol–water partition coefficient (Wildman–Crippen LogP) is 3.32. The molecule has 17 heavy (non-hydrogen) atoms. The van der Waals surface area contributed by atoms with E-state index in [9.17, 15) is 0 Å². The van der Waals surface area contributed by atoms with E-state index in [1.54, 1.807) is 16.7 Å². The molecule has 88 valence electrons. The van der Waals surface area contributed by atoms with Crippen LogP contribution in [0.5, 0.6) is 0 Å². The van der Waals surface area contributed by atoms with Gasteiger partial charge in [-0.3, -0.25) is 0 Å². The predicted molar refractivity (Wildman–Crippen MR) is 74.3 cm³/mol. The van der Waals surface area contributed by atoms with Gasteiger partial charge in [-0.1, -0.05) is 30.2 Å². The zero-order valence-corrected chi connectivity index (χ0v) is 9.87. The minimum atomic E-state index is 0. The molecule has 2 heteroatoms. The van der Waals surface area contributed by atoms with E-state index in [1.807, 2.05) is 6.79 Å². The Morgan fingerprint density at radius 1 is 1.12 bits per heavy atom. The number of hydrogen-bond acceptors (Lipinski definition) is 1. The van der Waals surface area contributed by atoms with Crippen LogP contribution < -0.4 is 0 Å². The summed E-state index contributed by atoms with van der Waals surface area (Å²) in [6.07, 6.45) is 17.1. The van der Waals surface area contributed by atoms with Gasteiger partial charge in [0.05, 0.1) is 0 Å². The van der Waals surface area contributed by atoms with E-state index in [2.05, 4.69) is 18.2 Å². The van der Waals surface area contributed by atoms with E-state index in [1.165, 1.54) is 44.9 Å². The number of carbonyl (C=O) groups is 1. The molecule has 0 saturated heterocycles. The second-order valence-corrected chi connectivity index (χ2v) is 4.82. The first-order chi connectivity index (χ1) is 7.93. The summed E-state index contributed by atoms with van der Waals surface area (Å²) in [6.45, 7) is 2.00. The summed E-state index contributed by atoms with van der Waals surface area (Å²) in [7, 11) is 0. The van der Waals surface area contributed by atoms with Crippen molar-refractivity contribution in [2.45, 2.75) is 44.9 Å². The van der Waals surface area contributed by atoms with Crippen molar-refractivity contribution < 1.29 is 4.79 Å². The molecule has 0 amide bonds. The number of fused-ring (bicyclic) bond motifs is 2. The van der Waals surface area contributed by atoms with Crippen molar-refractivity contribution in [1.29, 1.82) is 0 Å². The number of hydrogen-bond donors (Lipinski definition) is 0. The first kappa shape index (κ1) is 14.9. The number of allylic oxidation sites excluding steroid dienone is 6. The third kappa shape index (κ3) is 3.43. The van der Waals surface area contributed by atoms with Crippen molar-refractivity contribution in [1.82, 2.24) is 0 Å². The van der Waals surface area contributed by atoms with Gasteiger partial charge in [0.15, 0.2) is 0 Å². The molecule has 0 heterocycles. The molecule has 0 aromatic rings. The maximum atomic E-state index is 8.00. The van der Waals surface area contributed by atoms with E-state index < -0.39 is 0 Å². The molecule has 0 aromatic heterocycles. The normalized spacial score (nSPS) is 25.6. The van der Waals surface area contributed by atoms with Crippen LogP contribution in [0.2, 0.25) is 0 Å². The SMILES string of the molecule is C1=C2C=C3CCCCC3C=C2CCC1.C=O.[NaH]. The van der Waals surface area contributed by atoms with Crippen LogP contribution in [0.4, 0.5) is 0 Å². The van der Waals surface area contributed by atoms with Crippen molar-refractivity contribution in [3.05, 3.63) is 34.9 Å². The topological polar surface area (TPSA) is 17.1 Å². The molecule has 0 bridgehead atoms. The molecular formula is C15H21NaO. The Morgan fingerprint density at radius 3 is 2.76 bits per heavy atom. The molecule has 0 aliphatic heterocycles. The molecule has 1 unspecified atom stereocenters. The quantitative estimate of drug-likeness (QED) is 0.594. The molecular weight excluding hydrogens is 219 g/mol. The summed E-state index contributed by atoms with van der Waals surface area (Å²) in [5.41, 5.74) is 4.92. The van der Waals surface area contributed by atoms with E-state index in [0.29, 0.717) is 0 Å². The van der Waals surface area contributed by atoms with Gasteiger partial charge in [-0.2, -0.15) is 0 Å². The van der Waals surface area contributed by atoms with Gasteiger partial charge < -0.3 is 4.79 Å². The molecule has 0 radical (unpaired) electrons. The van der Waals surface area contributed by atoms with Crippen molar-refractivity contribution >= 4 is 36.3 Å². The zero-order chi connectivity index (χ0) is 11.4. The van der Waals surface area contributed by atoms with Crippen LogP contribution in [0.3, 0.4) is 0 Å². The fourth-order valence-corrected chi connectivity index (χ4v) is 3.03. The average Bonchev–Trinajstić information content (AvgIpc) is 2.38. The van der Waals surface area contributed by atoms with E-state index >= 15 is 0 Å². The van der Waals surface area contributed by atoms with Crippen molar-refractivity contribution in [3.8, 4) is 0 Å². The van der Waals surface area contributed by atoms with Gasteiger partial charge in [0, 0.05) is 0 Å². The Balaban J connectivity index is 0.000000459. The average molecular weight is 240 g/mol. The summed E-state index contributed by atoms with van der Waals surface area (Å²) in [6, 6.07) is 0. The molecule has 3 rings (SSSR count).